The molecule has 1 saturated carbocycles. The molecule has 1 aliphatic carbocycles. The van der Waals surface area contributed by atoms with Crippen LogP contribution < -0.4 is 5.73 Å². The second kappa shape index (κ2) is 1.71. The van der Waals surface area contributed by atoms with Gasteiger partial charge in [-0.2, -0.15) is 0 Å². The second-order valence-corrected chi connectivity index (χ2v) is 2.76. The molecule has 0 bridgehead atoms. The van der Waals surface area contributed by atoms with Crippen molar-refractivity contribution in [3.8, 4) is 0 Å². The van der Waals surface area contributed by atoms with Crippen molar-refractivity contribution < 1.29 is 0 Å². The normalized spacial score (nSPS) is 17.7. The molecule has 4 heteroatoms. The molecule has 0 amide bonds. The molecule has 1 heterocycles. The van der Waals surface area contributed by atoms with Crippen molar-refractivity contribution in [3.63, 3.8) is 0 Å². The monoisotopic (exact) mass is 138 g/mol. The van der Waals surface area contributed by atoms with Gasteiger partial charge in [-0.1, -0.05) is 5.21 Å². The van der Waals surface area contributed by atoms with Crippen LogP contribution in [0.25, 0.3) is 0 Å². The first-order valence-electron chi connectivity index (χ1n) is 3.44. The molecule has 1 aliphatic rings. The first kappa shape index (κ1) is 5.70. The maximum absolute atomic E-state index is 5.59. The Labute approximate surface area is 59.0 Å². The number of aromatic nitrogens is 3. The van der Waals surface area contributed by atoms with Crippen LogP contribution in [-0.2, 0) is 7.05 Å². The number of hydrogen-bond donors (Lipinski definition) is 1. The summed E-state index contributed by atoms with van der Waals surface area (Å²) < 4.78 is 1.77. The van der Waals surface area contributed by atoms with Crippen molar-refractivity contribution in [1.29, 1.82) is 0 Å². The number of anilines is 1. The molecular weight excluding hydrogens is 128 g/mol. The summed E-state index contributed by atoms with van der Waals surface area (Å²) in [4.78, 5) is 0. The van der Waals surface area contributed by atoms with Crippen LogP contribution in [0.4, 0.5) is 5.82 Å². The third-order valence-corrected chi connectivity index (χ3v) is 1.86. The summed E-state index contributed by atoms with van der Waals surface area (Å²) in [6.07, 6.45) is 2.48. The van der Waals surface area contributed by atoms with Crippen molar-refractivity contribution in [2.24, 2.45) is 7.05 Å². The summed E-state index contributed by atoms with van der Waals surface area (Å²) in [5.41, 5.74) is 6.70. The van der Waals surface area contributed by atoms with E-state index < -0.39 is 0 Å². The van der Waals surface area contributed by atoms with Crippen LogP contribution in [0.3, 0.4) is 0 Å². The molecule has 1 aromatic heterocycles. The minimum atomic E-state index is 0.602. The molecule has 2 rings (SSSR count). The van der Waals surface area contributed by atoms with Crippen LogP contribution in [-0.4, -0.2) is 15.0 Å². The number of nitrogens with two attached hydrogens (primary N) is 1. The smallest absolute Gasteiger partial charge is 0.169 e. The Bertz CT molecular complexity index is 229. The Hall–Kier alpha value is -1.06. The highest BCUT2D eigenvalue weighted by Gasteiger charge is 2.29. The fraction of sp³-hybridized carbons (Fsp3) is 0.667. The molecule has 54 valence electrons. The molecule has 0 atom stereocenters. The number of aryl methyl sites for hydroxylation is 1. The van der Waals surface area contributed by atoms with Crippen LogP contribution in [0.15, 0.2) is 0 Å². The highest BCUT2D eigenvalue weighted by atomic mass is 15.4. The van der Waals surface area contributed by atoms with Gasteiger partial charge < -0.3 is 5.73 Å². The van der Waals surface area contributed by atoms with E-state index >= 15 is 0 Å². The standard InChI is InChI=1S/C6H10N4/c1-10-5(4-2-3-4)6(7)8-9-10/h4H,2-3,7H2,1H3. The summed E-state index contributed by atoms with van der Waals surface area (Å²) in [5.74, 6) is 1.24. The van der Waals surface area contributed by atoms with Crippen molar-refractivity contribution >= 4 is 5.82 Å². The third kappa shape index (κ3) is 0.683. The zero-order valence-electron chi connectivity index (χ0n) is 5.91. The van der Waals surface area contributed by atoms with Crippen LogP contribution in [0, 0.1) is 0 Å². The van der Waals surface area contributed by atoms with Crippen LogP contribution >= 0.6 is 0 Å². The van der Waals surface area contributed by atoms with Gasteiger partial charge in [0.25, 0.3) is 0 Å². The Morgan fingerprint density at radius 3 is 2.70 bits per heavy atom. The predicted octanol–water partition coefficient (Wildman–Crippen LogP) is 0.275. The van der Waals surface area contributed by atoms with Gasteiger partial charge in [0, 0.05) is 13.0 Å². The van der Waals surface area contributed by atoms with E-state index in [1.54, 1.807) is 4.68 Å². The first-order chi connectivity index (χ1) is 4.79. The molecule has 10 heavy (non-hydrogen) atoms. The Morgan fingerprint density at radius 2 is 2.30 bits per heavy atom. The maximum Gasteiger partial charge on any atom is 0.169 e. The fourth-order valence-corrected chi connectivity index (χ4v) is 1.21. The summed E-state index contributed by atoms with van der Waals surface area (Å²) in [6, 6.07) is 0. The van der Waals surface area contributed by atoms with Crippen molar-refractivity contribution in [1.82, 2.24) is 15.0 Å². The number of hydrogen-bond acceptors (Lipinski definition) is 3. The first-order valence-corrected chi connectivity index (χ1v) is 3.44. The Kier molecular flexibility index (Phi) is 0.977. The topological polar surface area (TPSA) is 56.7 Å². The Morgan fingerprint density at radius 1 is 1.60 bits per heavy atom. The number of rotatable bonds is 1. The van der Waals surface area contributed by atoms with E-state index in [1.165, 1.54) is 12.8 Å². The van der Waals surface area contributed by atoms with Gasteiger partial charge in [-0.15, -0.1) is 5.10 Å². The molecule has 0 unspecified atom stereocenters. The van der Waals surface area contributed by atoms with E-state index in [2.05, 4.69) is 10.3 Å². The minimum Gasteiger partial charge on any atom is -0.381 e. The van der Waals surface area contributed by atoms with Crippen molar-refractivity contribution in [3.05, 3.63) is 5.69 Å². The largest absolute Gasteiger partial charge is 0.381 e. The van der Waals surface area contributed by atoms with Gasteiger partial charge in [0.05, 0.1) is 5.69 Å². The zero-order valence-corrected chi connectivity index (χ0v) is 5.91. The van der Waals surface area contributed by atoms with E-state index in [9.17, 15) is 0 Å². The molecule has 1 aromatic rings. The van der Waals surface area contributed by atoms with Gasteiger partial charge >= 0.3 is 0 Å². The zero-order chi connectivity index (χ0) is 7.14. The molecule has 0 spiro atoms. The van der Waals surface area contributed by atoms with Crippen LogP contribution in [0.1, 0.15) is 24.5 Å². The summed E-state index contributed by atoms with van der Waals surface area (Å²) in [7, 11) is 1.89. The molecule has 0 saturated heterocycles. The van der Waals surface area contributed by atoms with Gasteiger partial charge in [0.2, 0.25) is 0 Å². The molecule has 0 aromatic carbocycles. The van der Waals surface area contributed by atoms with Crippen LogP contribution in [0.2, 0.25) is 0 Å². The second-order valence-electron chi connectivity index (χ2n) is 2.76. The molecule has 1 fully saturated rings. The van der Waals surface area contributed by atoms with Crippen molar-refractivity contribution in [2.75, 3.05) is 5.73 Å². The minimum absolute atomic E-state index is 0.602. The van der Waals surface area contributed by atoms with E-state index in [1.807, 2.05) is 7.05 Å². The lowest BCUT2D eigenvalue weighted by Crippen LogP contribution is -1.98. The van der Waals surface area contributed by atoms with E-state index in [-0.39, 0.29) is 0 Å². The van der Waals surface area contributed by atoms with Gasteiger partial charge in [0.1, 0.15) is 0 Å². The summed E-state index contributed by atoms with van der Waals surface area (Å²) in [6.45, 7) is 0. The van der Waals surface area contributed by atoms with Gasteiger partial charge in [0.15, 0.2) is 5.82 Å². The third-order valence-electron chi connectivity index (χ3n) is 1.86. The molecule has 2 N–H and O–H groups in total. The lowest BCUT2D eigenvalue weighted by atomic mass is 10.3. The molecule has 0 radical (unpaired) electrons. The number of nitrogen functional groups attached to an aromatic ring is 1. The van der Waals surface area contributed by atoms with E-state index in [4.69, 9.17) is 5.73 Å². The summed E-state index contributed by atoms with van der Waals surface area (Å²) in [5, 5.41) is 7.59. The van der Waals surface area contributed by atoms with E-state index in [0.29, 0.717) is 11.7 Å². The SMILES string of the molecule is Cn1nnc(N)c1C1CC1. The molecule has 4 nitrogen and oxygen atoms in total. The quantitative estimate of drug-likeness (QED) is 0.606. The lowest BCUT2D eigenvalue weighted by Gasteiger charge is -1.95. The highest BCUT2D eigenvalue weighted by molar-refractivity contribution is 5.37. The average molecular weight is 138 g/mol. The van der Waals surface area contributed by atoms with Gasteiger partial charge in [-0.25, -0.2) is 4.68 Å². The summed E-state index contributed by atoms with van der Waals surface area (Å²) >= 11 is 0. The van der Waals surface area contributed by atoms with Gasteiger partial charge in [-0.05, 0) is 12.8 Å². The molecular formula is C6H10N4. The van der Waals surface area contributed by atoms with Gasteiger partial charge in [-0.3, -0.25) is 0 Å². The predicted molar refractivity (Wildman–Crippen MR) is 37.4 cm³/mol. The fourth-order valence-electron chi connectivity index (χ4n) is 1.21. The van der Waals surface area contributed by atoms with Crippen LogP contribution in [0.5, 0.6) is 0 Å². The number of nitrogens with zero attached hydrogens (tertiary/aromatic N) is 3. The van der Waals surface area contributed by atoms with Crippen molar-refractivity contribution in [2.45, 2.75) is 18.8 Å². The average Bonchev–Trinajstić information content (AvgIpc) is 2.64. The molecule has 0 aliphatic heterocycles. The van der Waals surface area contributed by atoms with E-state index in [0.717, 1.165) is 5.69 Å². The lowest BCUT2D eigenvalue weighted by molar-refractivity contribution is 0.679. The maximum atomic E-state index is 5.59. The highest BCUT2D eigenvalue weighted by Crippen LogP contribution is 2.41. The Balaban J connectivity index is 2.44.